The molecule has 0 aliphatic carbocycles. The van der Waals surface area contributed by atoms with Gasteiger partial charge in [0.1, 0.15) is 5.76 Å². The number of thiophene rings is 1. The van der Waals surface area contributed by atoms with Crippen LogP contribution in [-0.4, -0.2) is 19.3 Å². The molecule has 0 radical (unpaired) electrons. The number of fused-ring (bicyclic) bond motifs is 1. The zero-order chi connectivity index (χ0) is 18.3. The van der Waals surface area contributed by atoms with Gasteiger partial charge in [-0.25, -0.2) is 4.99 Å². The number of nitrogens with one attached hydrogen (secondary N) is 2. The van der Waals surface area contributed by atoms with Gasteiger partial charge in [0.05, 0.1) is 19.4 Å². The highest BCUT2D eigenvalue weighted by atomic mass is 32.1. The van der Waals surface area contributed by atoms with Crippen LogP contribution in [0.2, 0.25) is 0 Å². The molecule has 0 saturated carbocycles. The third-order valence-corrected chi connectivity index (χ3v) is 4.99. The quantitative estimate of drug-likeness (QED) is 0.482. The summed E-state index contributed by atoms with van der Waals surface area (Å²) in [6, 6.07) is 14.0. The minimum atomic E-state index is 0.282. The van der Waals surface area contributed by atoms with E-state index in [0.717, 1.165) is 48.3 Å². The lowest BCUT2D eigenvalue weighted by atomic mass is 10.2. The third-order valence-electron chi connectivity index (χ3n) is 4.11. The van der Waals surface area contributed by atoms with Gasteiger partial charge in [0, 0.05) is 17.8 Å². The van der Waals surface area contributed by atoms with E-state index < -0.39 is 0 Å². The lowest BCUT2D eigenvalue weighted by Crippen LogP contribution is -2.37. The molecular formula is C20H21N3O3S. The van der Waals surface area contributed by atoms with Crippen molar-refractivity contribution in [2.24, 2.45) is 4.99 Å². The van der Waals surface area contributed by atoms with E-state index in [4.69, 9.17) is 18.9 Å². The predicted octanol–water partition coefficient (Wildman–Crippen LogP) is 3.55. The lowest BCUT2D eigenvalue weighted by Gasteiger charge is -2.12. The van der Waals surface area contributed by atoms with Crippen LogP contribution in [0.3, 0.4) is 0 Å². The van der Waals surface area contributed by atoms with Crippen molar-refractivity contribution in [2.45, 2.75) is 19.5 Å². The molecule has 3 heterocycles. The van der Waals surface area contributed by atoms with Crippen LogP contribution in [0, 0.1) is 0 Å². The van der Waals surface area contributed by atoms with Gasteiger partial charge in [0.2, 0.25) is 6.79 Å². The Morgan fingerprint density at radius 2 is 2.04 bits per heavy atom. The summed E-state index contributed by atoms with van der Waals surface area (Å²) in [5.74, 6) is 3.29. The molecule has 2 N–H and O–H groups in total. The Balaban J connectivity index is 1.38. The second-order valence-electron chi connectivity index (χ2n) is 6.04. The minimum Gasteiger partial charge on any atom is -0.469 e. The largest absolute Gasteiger partial charge is 0.469 e. The first-order valence-electron chi connectivity index (χ1n) is 8.82. The number of hydrogen-bond acceptors (Lipinski definition) is 5. The summed E-state index contributed by atoms with van der Waals surface area (Å²) in [6.07, 6.45) is 2.50. The first-order chi connectivity index (χ1) is 13.4. The number of aliphatic imine (C=N–C) groups is 1. The Morgan fingerprint density at radius 3 is 2.89 bits per heavy atom. The highest BCUT2D eigenvalue weighted by Crippen LogP contribution is 2.32. The molecule has 1 aliphatic heterocycles. The highest BCUT2D eigenvalue weighted by molar-refractivity contribution is 7.09. The summed E-state index contributed by atoms with van der Waals surface area (Å²) in [6.45, 7) is 2.32. The smallest absolute Gasteiger partial charge is 0.231 e. The molecule has 27 heavy (non-hydrogen) atoms. The number of hydrogen-bond donors (Lipinski definition) is 2. The molecule has 1 aliphatic rings. The maximum absolute atomic E-state index is 5.44. The molecule has 6 nitrogen and oxygen atoms in total. The summed E-state index contributed by atoms with van der Waals surface area (Å²) in [5.41, 5.74) is 1.07. The monoisotopic (exact) mass is 383 g/mol. The van der Waals surface area contributed by atoms with Gasteiger partial charge in [-0.1, -0.05) is 12.1 Å². The minimum absolute atomic E-state index is 0.282. The predicted molar refractivity (Wildman–Crippen MR) is 105 cm³/mol. The zero-order valence-electron chi connectivity index (χ0n) is 14.8. The molecule has 0 bridgehead atoms. The van der Waals surface area contributed by atoms with E-state index in [1.165, 1.54) is 4.88 Å². The van der Waals surface area contributed by atoms with E-state index in [0.29, 0.717) is 6.54 Å². The molecule has 0 atom stereocenters. The molecule has 7 heteroatoms. The average molecular weight is 383 g/mol. The maximum atomic E-state index is 5.44. The molecule has 0 amide bonds. The van der Waals surface area contributed by atoms with Gasteiger partial charge in [0.25, 0.3) is 0 Å². The van der Waals surface area contributed by atoms with Crippen LogP contribution >= 0.6 is 11.3 Å². The van der Waals surface area contributed by atoms with Crippen LogP contribution in [0.15, 0.2) is 63.5 Å². The Labute approximate surface area is 161 Å². The van der Waals surface area contributed by atoms with Crippen LogP contribution in [0.5, 0.6) is 11.5 Å². The van der Waals surface area contributed by atoms with Crippen LogP contribution in [0.25, 0.3) is 0 Å². The fourth-order valence-corrected chi connectivity index (χ4v) is 3.37. The molecule has 2 aromatic heterocycles. The summed E-state index contributed by atoms with van der Waals surface area (Å²) in [4.78, 5) is 5.97. The summed E-state index contributed by atoms with van der Waals surface area (Å²) in [5, 5.41) is 8.83. The zero-order valence-corrected chi connectivity index (χ0v) is 15.6. The van der Waals surface area contributed by atoms with Gasteiger partial charge in [0.15, 0.2) is 17.5 Å². The number of benzene rings is 1. The van der Waals surface area contributed by atoms with E-state index in [1.807, 2.05) is 30.3 Å². The van der Waals surface area contributed by atoms with Crippen LogP contribution in [0.4, 0.5) is 0 Å². The molecule has 0 saturated heterocycles. The summed E-state index contributed by atoms with van der Waals surface area (Å²) < 4.78 is 16.2. The molecular weight excluding hydrogens is 362 g/mol. The average Bonchev–Trinajstić information content (AvgIpc) is 3.45. The van der Waals surface area contributed by atoms with Crippen molar-refractivity contribution >= 4 is 17.3 Å². The van der Waals surface area contributed by atoms with Gasteiger partial charge in [-0.3, -0.25) is 0 Å². The van der Waals surface area contributed by atoms with E-state index in [-0.39, 0.29) is 6.79 Å². The van der Waals surface area contributed by atoms with Gasteiger partial charge < -0.3 is 24.5 Å². The molecule has 0 fully saturated rings. The molecule has 0 unspecified atom stereocenters. The van der Waals surface area contributed by atoms with Crippen molar-refractivity contribution in [1.82, 2.24) is 10.6 Å². The standard InChI is InChI=1S/C20H21N3O3S/c1-3-16(24-9-1)7-8-21-20(23-13-17-4-2-10-27-17)22-12-15-5-6-18-19(11-15)26-14-25-18/h1-6,9-11H,7-8,12-14H2,(H2,21,22,23). The summed E-state index contributed by atoms with van der Waals surface area (Å²) in [7, 11) is 0. The molecule has 4 rings (SSSR count). The second kappa shape index (κ2) is 8.64. The normalized spacial score (nSPS) is 13.0. The maximum Gasteiger partial charge on any atom is 0.231 e. The molecule has 140 valence electrons. The molecule has 0 spiro atoms. The van der Waals surface area contributed by atoms with Crippen molar-refractivity contribution < 1.29 is 13.9 Å². The number of ether oxygens (including phenoxy) is 2. The van der Waals surface area contributed by atoms with Crippen molar-refractivity contribution in [2.75, 3.05) is 13.3 Å². The van der Waals surface area contributed by atoms with Gasteiger partial charge >= 0.3 is 0 Å². The number of rotatable bonds is 7. The van der Waals surface area contributed by atoms with Crippen LogP contribution in [-0.2, 0) is 19.5 Å². The van der Waals surface area contributed by atoms with Crippen LogP contribution in [0.1, 0.15) is 16.2 Å². The number of guanidine groups is 1. The van der Waals surface area contributed by atoms with Gasteiger partial charge in [-0.05, 0) is 41.3 Å². The number of nitrogens with zero attached hydrogens (tertiary/aromatic N) is 1. The highest BCUT2D eigenvalue weighted by Gasteiger charge is 2.13. The lowest BCUT2D eigenvalue weighted by molar-refractivity contribution is 0.174. The Bertz CT molecular complexity index is 876. The van der Waals surface area contributed by atoms with Gasteiger partial charge in [-0.15, -0.1) is 11.3 Å². The van der Waals surface area contributed by atoms with E-state index in [9.17, 15) is 0 Å². The van der Waals surface area contributed by atoms with E-state index >= 15 is 0 Å². The third kappa shape index (κ3) is 4.83. The second-order valence-corrected chi connectivity index (χ2v) is 7.07. The topological polar surface area (TPSA) is 68.0 Å². The van der Waals surface area contributed by atoms with E-state index in [1.54, 1.807) is 17.6 Å². The molecule has 3 aromatic rings. The van der Waals surface area contributed by atoms with Crippen molar-refractivity contribution in [3.8, 4) is 11.5 Å². The van der Waals surface area contributed by atoms with Crippen molar-refractivity contribution in [1.29, 1.82) is 0 Å². The van der Waals surface area contributed by atoms with Gasteiger partial charge in [-0.2, -0.15) is 0 Å². The number of furan rings is 1. The Kier molecular flexibility index (Phi) is 5.59. The van der Waals surface area contributed by atoms with Crippen LogP contribution < -0.4 is 20.1 Å². The SMILES string of the molecule is c1coc(CCNC(=NCc2ccc3c(c2)OCO3)NCc2cccs2)c1. The Morgan fingerprint density at radius 1 is 1.07 bits per heavy atom. The molecule has 1 aromatic carbocycles. The summed E-state index contributed by atoms with van der Waals surface area (Å²) >= 11 is 1.72. The first kappa shape index (κ1) is 17.5. The first-order valence-corrected chi connectivity index (χ1v) is 9.70. The fraction of sp³-hybridized carbons (Fsp3) is 0.250. The van der Waals surface area contributed by atoms with Crippen molar-refractivity contribution in [3.63, 3.8) is 0 Å². The Hall–Kier alpha value is -2.93. The van der Waals surface area contributed by atoms with Crippen molar-refractivity contribution in [3.05, 3.63) is 70.3 Å². The van der Waals surface area contributed by atoms with E-state index in [2.05, 4.69) is 28.1 Å². The fourth-order valence-electron chi connectivity index (χ4n) is 2.73.